The van der Waals surface area contributed by atoms with Gasteiger partial charge in [-0.25, -0.2) is 0 Å². The summed E-state index contributed by atoms with van der Waals surface area (Å²) in [5.41, 5.74) is 0.159. The Morgan fingerprint density at radius 1 is 0.843 bits per heavy atom. The number of esters is 2. The predicted octanol–water partition coefficient (Wildman–Crippen LogP) is 10.7. The molecule has 0 aromatic heterocycles. The van der Waals surface area contributed by atoms with Crippen molar-refractivity contribution in [1.82, 2.24) is 0 Å². The van der Waals surface area contributed by atoms with E-state index in [9.17, 15) is 24.4 Å². The van der Waals surface area contributed by atoms with E-state index in [0.717, 1.165) is 47.8 Å². The van der Waals surface area contributed by atoms with Crippen molar-refractivity contribution in [2.45, 2.75) is 152 Å². The summed E-state index contributed by atoms with van der Waals surface area (Å²) in [5, 5.41) is 10.1. The number of allylic oxidation sites excluding steroid dienone is 4. The zero-order valence-electron chi connectivity index (χ0n) is 43.7. The van der Waals surface area contributed by atoms with Gasteiger partial charge in [-0.3, -0.25) is 19.2 Å². The summed E-state index contributed by atoms with van der Waals surface area (Å²) in [7, 11) is 1.16. The van der Waals surface area contributed by atoms with Gasteiger partial charge < -0.3 is 28.3 Å². The lowest BCUT2D eigenvalue weighted by Crippen LogP contribution is -2.66. The van der Waals surface area contributed by atoms with Gasteiger partial charge in [0.15, 0.2) is 23.1 Å². The summed E-state index contributed by atoms with van der Waals surface area (Å²) >= 11 is 0. The highest BCUT2D eigenvalue weighted by atomic mass is 16.7. The lowest BCUT2D eigenvalue weighted by Gasteiger charge is -2.68. The summed E-state index contributed by atoms with van der Waals surface area (Å²) in [6.45, 7) is 23.8. The Morgan fingerprint density at radius 2 is 1.51 bits per heavy atom. The molecule has 2 aromatic rings. The van der Waals surface area contributed by atoms with Crippen molar-refractivity contribution in [2.75, 3.05) is 20.3 Å². The van der Waals surface area contributed by atoms with E-state index in [0.29, 0.717) is 43.8 Å². The van der Waals surface area contributed by atoms with E-state index in [1.54, 1.807) is 13.2 Å². The molecule has 7 atom stereocenters. The second-order valence-electron chi connectivity index (χ2n) is 24.3. The number of benzene rings is 2. The van der Waals surface area contributed by atoms with Crippen molar-refractivity contribution >= 4 is 42.2 Å². The van der Waals surface area contributed by atoms with Gasteiger partial charge >= 0.3 is 19.1 Å². The van der Waals surface area contributed by atoms with Crippen LogP contribution >= 0.6 is 0 Å². The average Bonchev–Trinajstić information content (AvgIpc) is 3.52. The zero-order chi connectivity index (χ0) is 50.9. The molecule has 0 unspecified atom stereocenters. The van der Waals surface area contributed by atoms with Gasteiger partial charge in [0, 0.05) is 23.2 Å². The average molecular weight is 956 g/mol. The van der Waals surface area contributed by atoms with E-state index in [1.807, 2.05) is 102 Å². The number of fused-ring (bicyclic) bond motifs is 7. The molecule has 374 valence electrons. The molecule has 1 heterocycles. The van der Waals surface area contributed by atoms with Crippen molar-refractivity contribution < 1.29 is 47.4 Å². The molecule has 70 heavy (non-hydrogen) atoms. The van der Waals surface area contributed by atoms with Crippen molar-refractivity contribution in [3.8, 4) is 17.6 Å². The lowest BCUT2D eigenvalue weighted by atomic mass is 9.34. The maximum absolute atomic E-state index is 14.9. The molecule has 2 aromatic carbocycles. The first-order chi connectivity index (χ1) is 32.8. The van der Waals surface area contributed by atoms with Crippen LogP contribution in [0.5, 0.6) is 11.5 Å². The number of hydrogen-bond acceptors (Lipinski definition) is 11. The van der Waals surface area contributed by atoms with E-state index in [2.05, 4.69) is 40.7 Å². The number of hydrogen-bond donors (Lipinski definition) is 0. The van der Waals surface area contributed by atoms with Crippen molar-refractivity contribution in [2.24, 2.45) is 50.2 Å². The van der Waals surface area contributed by atoms with Crippen LogP contribution < -0.4 is 14.9 Å². The Morgan fingerprint density at radius 3 is 2.19 bits per heavy atom. The molecular formula is C58H74BNO10. The minimum Gasteiger partial charge on any atom is -0.493 e. The Labute approximate surface area is 416 Å². The van der Waals surface area contributed by atoms with Crippen molar-refractivity contribution in [3.05, 3.63) is 83.0 Å². The van der Waals surface area contributed by atoms with E-state index >= 15 is 0 Å². The van der Waals surface area contributed by atoms with Gasteiger partial charge in [-0.1, -0.05) is 103 Å². The van der Waals surface area contributed by atoms with E-state index < -0.39 is 40.0 Å². The molecule has 0 amide bonds. The Bertz CT molecular complexity index is 2550. The quantitative estimate of drug-likeness (QED) is 0.107. The minimum absolute atomic E-state index is 0.0363. The fourth-order valence-electron chi connectivity index (χ4n) is 13.7. The Hall–Kier alpha value is -4.99. The molecule has 0 N–H and O–H groups in total. The van der Waals surface area contributed by atoms with Crippen LogP contribution in [0.4, 0.5) is 0 Å². The molecule has 4 fully saturated rings. The van der Waals surface area contributed by atoms with Crippen molar-refractivity contribution in [3.63, 3.8) is 0 Å². The highest BCUT2D eigenvalue weighted by Crippen LogP contribution is 2.74. The molecule has 0 spiro atoms. The fraction of sp³-hybridized carbons (Fsp3) is 0.603. The largest absolute Gasteiger partial charge is 0.494 e. The van der Waals surface area contributed by atoms with E-state index in [1.165, 1.54) is 0 Å². The van der Waals surface area contributed by atoms with Gasteiger partial charge in [-0.2, -0.15) is 5.26 Å². The molecule has 0 bridgehead atoms. The molecule has 0 radical (unpaired) electrons. The molecule has 3 saturated carbocycles. The van der Waals surface area contributed by atoms with Crippen molar-refractivity contribution in [1.29, 1.82) is 5.26 Å². The standard InChI is InChI=1S/C58H74BNO10/c1-51(2)25-27-58(28-26-57(11)48(41(58)34-51)42(61)32-46-55(9)33-39(35-60)49(63)52(3,4)45(55)23-24-56(46,57)10)50(64)67-30-14-29-66-47(62)16-13-15-37-19-22-43(44(31-37)65-12)68-36-38-17-20-40(21-18-38)59-69-53(5,6)54(7,8)70-59/h13,15,17-22,31-33,41,45,48H,14,16,23-30,34,36H2,1-12H3/b15-13+/t41-,45-,48-,55-,56+,57+,58-/m0/s1. The van der Waals surface area contributed by atoms with Gasteiger partial charge in [0.05, 0.1) is 48.9 Å². The predicted molar refractivity (Wildman–Crippen MR) is 269 cm³/mol. The summed E-state index contributed by atoms with van der Waals surface area (Å²) in [6, 6.07) is 15.8. The van der Waals surface area contributed by atoms with Crippen LogP contribution in [0.1, 0.15) is 145 Å². The number of Topliss-reactive ketones (excluding diaryl/α,β-unsaturated/α-hetero) is 1. The molecular weight excluding hydrogens is 881 g/mol. The molecule has 11 nitrogen and oxygen atoms in total. The molecule has 1 aliphatic heterocycles. The third-order valence-corrected chi connectivity index (χ3v) is 18.7. The molecule has 12 heteroatoms. The van der Waals surface area contributed by atoms with Crippen LogP contribution in [0.3, 0.4) is 0 Å². The van der Waals surface area contributed by atoms with Crippen LogP contribution in [0, 0.1) is 61.6 Å². The number of carbonyl (C=O) groups excluding carboxylic acids is 4. The number of carbonyl (C=O) groups is 4. The second kappa shape index (κ2) is 18.3. The summed E-state index contributed by atoms with van der Waals surface area (Å²) < 4.78 is 35.7. The van der Waals surface area contributed by atoms with Crippen LogP contribution in [-0.2, 0) is 44.6 Å². The van der Waals surface area contributed by atoms with Crippen LogP contribution in [-0.4, -0.2) is 62.1 Å². The highest BCUT2D eigenvalue weighted by molar-refractivity contribution is 6.62. The molecule has 5 aliphatic carbocycles. The van der Waals surface area contributed by atoms with Gasteiger partial charge in [0.1, 0.15) is 12.7 Å². The Kier molecular flexibility index (Phi) is 13.4. The summed E-state index contributed by atoms with van der Waals surface area (Å²) in [6.07, 6.45) is 13.0. The number of methoxy groups -OCH3 is 1. The maximum Gasteiger partial charge on any atom is 0.494 e. The smallest absolute Gasteiger partial charge is 0.493 e. The highest BCUT2D eigenvalue weighted by Gasteiger charge is 2.71. The monoisotopic (exact) mass is 956 g/mol. The zero-order valence-corrected chi connectivity index (χ0v) is 43.7. The molecule has 1 saturated heterocycles. The first-order valence-corrected chi connectivity index (χ1v) is 25.5. The van der Waals surface area contributed by atoms with Gasteiger partial charge in [0.2, 0.25) is 0 Å². The number of ether oxygens (including phenoxy) is 4. The lowest BCUT2D eigenvalue weighted by molar-refractivity contribution is -0.193. The second-order valence-corrected chi connectivity index (χ2v) is 24.3. The summed E-state index contributed by atoms with van der Waals surface area (Å²) in [4.78, 5) is 55.6. The number of ketones is 2. The number of rotatable bonds is 13. The van der Waals surface area contributed by atoms with Gasteiger partial charge in [-0.15, -0.1) is 0 Å². The fourth-order valence-corrected chi connectivity index (χ4v) is 13.7. The maximum atomic E-state index is 14.9. The van der Waals surface area contributed by atoms with E-state index in [-0.39, 0.29) is 77.3 Å². The topological polar surface area (TPSA) is 147 Å². The van der Waals surface area contributed by atoms with Crippen LogP contribution in [0.2, 0.25) is 0 Å². The van der Waals surface area contributed by atoms with Gasteiger partial charge in [-0.05, 0) is 136 Å². The third-order valence-electron chi connectivity index (χ3n) is 18.7. The number of nitrogens with zero attached hydrogens (tertiary/aromatic N) is 1. The molecule has 6 aliphatic rings. The minimum atomic E-state index is -0.789. The third kappa shape index (κ3) is 8.69. The van der Waals surface area contributed by atoms with Crippen LogP contribution in [0.15, 0.2) is 71.8 Å². The SMILES string of the molecule is COc1cc(/C=C/CC(=O)OCCCOC(=O)[C@]23CCC(C)(C)C[C@H]2[C@H]2C(=O)C=C4[C@@]5(C)C=C(C#N)C(=O)C(C)(C)[C@@H]5CC[C@@]4(C)[C@]2(C)CC3)ccc1OCc1ccc(B2OC(C)(C)C(C)(C)O2)cc1. The normalized spacial score (nSPS) is 32.3. The summed E-state index contributed by atoms with van der Waals surface area (Å²) in [5.74, 6) is -0.145. The first kappa shape index (κ1) is 51.4. The van der Waals surface area contributed by atoms with Gasteiger partial charge in [0.25, 0.3) is 0 Å². The van der Waals surface area contributed by atoms with Crippen LogP contribution in [0.25, 0.3) is 6.08 Å². The molecule has 8 rings (SSSR count). The first-order valence-electron chi connectivity index (χ1n) is 25.5. The number of nitriles is 1. The van der Waals surface area contributed by atoms with E-state index in [4.69, 9.17) is 28.3 Å². The Balaban J connectivity index is 0.843.